The molecule has 0 radical (unpaired) electrons. The van der Waals surface area contributed by atoms with Crippen LogP contribution in [0.4, 0.5) is 0 Å². The van der Waals surface area contributed by atoms with Crippen molar-refractivity contribution in [1.29, 1.82) is 0 Å². The maximum Gasteiger partial charge on any atom is 0.342 e. The molecule has 0 aromatic heterocycles. The van der Waals surface area contributed by atoms with Crippen LogP contribution in [0, 0.1) is 12.8 Å². The fraction of sp³-hybridized carbons (Fsp3) is 0.500. The molecule has 1 atom stereocenters. The number of fused-ring (bicyclic) bond motifs is 1. The Morgan fingerprint density at radius 2 is 1.97 bits per heavy atom. The van der Waals surface area contributed by atoms with Crippen molar-refractivity contribution >= 4 is 17.8 Å². The fourth-order valence-electron chi connectivity index (χ4n) is 3.48. The molecule has 3 N–H and O–H groups in total. The third kappa shape index (κ3) is 4.93. The summed E-state index contributed by atoms with van der Waals surface area (Å²) < 4.78 is 10.5. The summed E-state index contributed by atoms with van der Waals surface area (Å²) in [6.07, 6.45) is 2.75. The van der Waals surface area contributed by atoms with Gasteiger partial charge in [-0.2, -0.15) is 0 Å². The largest absolute Gasteiger partial charge is 0.507 e. The van der Waals surface area contributed by atoms with E-state index < -0.39 is 18.0 Å². The minimum absolute atomic E-state index is 0.113. The average Bonchev–Trinajstić information content (AvgIpc) is 3.07. The standard InChI is InChI=1S/C22H29NO7/c1-11(2)18(21(26)27)23-16(24)9-7-12(3)6-8-14-19(25)17-15(10-30-22(17)28)13(4)20(14)29-5/h6,11,18,25H,7-10H2,1-5H3,(H,23,24)(H,26,27)/b12-6+/t18-/m1/s1. The maximum absolute atomic E-state index is 12.1. The molecule has 0 aliphatic carbocycles. The topological polar surface area (TPSA) is 122 Å². The van der Waals surface area contributed by atoms with Gasteiger partial charge in [0.05, 0.1) is 7.11 Å². The van der Waals surface area contributed by atoms with Crippen molar-refractivity contribution in [2.24, 2.45) is 5.92 Å². The number of phenolic OH excluding ortho intramolecular Hbond substituents is 1. The first-order valence-electron chi connectivity index (χ1n) is 9.84. The Balaban J connectivity index is 2.10. The summed E-state index contributed by atoms with van der Waals surface area (Å²) in [5.74, 6) is -1.79. The number of amides is 1. The SMILES string of the molecule is COc1c(C)c2c(c(O)c1C/C=C(\C)CCC(=O)N[C@@H](C(=O)O)C(C)C)C(=O)OC2. The van der Waals surface area contributed by atoms with Crippen molar-refractivity contribution in [2.75, 3.05) is 7.11 Å². The molecule has 30 heavy (non-hydrogen) atoms. The van der Waals surface area contributed by atoms with Gasteiger partial charge in [0.15, 0.2) is 0 Å². The lowest BCUT2D eigenvalue weighted by Crippen LogP contribution is -2.44. The maximum atomic E-state index is 12.1. The Morgan fingerprint density at radius 1 is 1.30 bits per heavy atom. The van der Waals surface area contributed by atoms with E-state index in [1.165, 1.54) is 7.11 Å². The van der Waals surface area contributed by atoms with Gasteiger partial charge in [0.2, 0.25) is 5.91 Å². The number of aliphatic carboxylic acids is 1. The first kappa shape index (κ1) is 23.3. The van der Waals surface area contributed by atoms with Crippen LogP contribution in [0.3, 0.4) is 0 Å². The number of carbonyl (C=O) groups excluding carboxylic acids is 2. The Bertz CT molecular complexity index is 886. The molecular weight excluding hydrogens is 390 g/mol. The number of methoxy groups -OCH3 is 1. The number of rotatable bonds is 9. The lowest BCUT2D eigenvalue weighted by atomic mass is 9.94. The van der Waals surface area contributed by atoms with Gasteiger partial charge in [-0.25, -0.2) is 9.59 Å². The zero-order valence-corrected chi connectivity index (χ0v) is 18.0. The monoisotopic (exact) mass is 419 g/mol. The molecule has 2 rings (SSSR count). The van der Waals surface area contributed by atoms with Crippen LogP contribution in [-0.4, -0.2) is 41.2 Å². The number of benzene rings is 1. The number of allylic oxidation sites excluding steroid dienone is 2. The first-order chi connectivity index (χ1) is 14.1. The van der Waals surface area contributed by atoms with Crippen molar-refractivity contribution in [2.45, 2.75) is 59.6 Å². The van der Waals surface area contributed by atoms with Crippen molar-refractivity contribution in [3.63, 3.8) is 0 Å². The Morgan fingerprint density at radius 3 is 2.53 bits per heavy atom. The van der Waals surface area contributed by atoms with Crippen molar-refractivity contribution in [1.82, 2.24) is 5.32 Å². The van der Waals surface area contributed by atoms with E-state index in [4.69, 9.17) is 14.6 Å². The molecule has 0 fully saturated rings. The number of phenols is 1. The molecule has 1 amide bonds. The highest BCUT2D eigenvalue weighted by Gasteiger charge is 2.31. The number of cyclic esters (lactones) is 1. The Kier molecular flexibility index (Phi) is 7.48. The number of hydrogen-bond donors (Lipinski definition) is 3. The van der Waals surface area contributed by atoms with Gasteiger partial charge in [0, 0.05) is 17.5 Å². The highest BCUT2D eigenvalue weighted by molar-refractivity contribution is 5.98. The molecular formula is C22H29NO7. The molecule has 1 aliphatic rings. The minimum Gasteiger partial charge on any atom is -0.507 e. The van der Waals surface area contributed by atoms with Crippen molar-refractivity contribution < 1.29 is 34.1 Å². The average molecular weight is 419 g/mol. The van der Waals surface area contributed by atoms with E-state index in [1.807, 2.05) is 19.9 Å². The number of ether oxygens (including phenoxy) is 2. The number of esters is 1. The van der Waals surface area contributed by atoms with Gasteiger partial charge in [-0.05, 0) is 38.2 Å². The molecule has 1 aliphatic heterocycles. The lowest BCUT2D eigenvalue weighted by Gasteiger charge is -2.18. The fourth-order valence-corrected chi connectivity index (χ4v) is 3.48. The molecule has 164 valence electrons. The van der Waals surface area contributed by atoms with Crippen LogP contribution in [0.2, 0.25) is 0 Å². The number of hydrogen-bond acceptors (Lipinski definition) is 6. The van der Waals surface area contributed by atoms with Crippen LogP contribution >= 0.6 is 0 Å². The van der Waals surface area contributed by atoms with E-state index in [2.05, 4.69) is 5.32 Å². The van der Waals surface area contributed by atoms with Gasteiger partial charge in [0.1, 0.15) is 29.7 Å². The Hall–Kier alpha value is -3.03. The van der Waals surface area contributed by atoms with E-state index in [-0.39, 0.29) is 36.2 Å². The predicted octanol–water partition coefficient (Wildman–Crippen LogP) is 2.87. The molecule has 1 aromatic rings. The molecule has 0 spiro atoms. The lowest BCUT2D eigenvalue weighted by molar-refractivity contribution is -0.143. The van der Waals surface area contributed by atoms with Gasteiger partial charge in [-0.1, -0.05) is 25.5 Å². The smallest absolute Gasteiger partial charge is 0.342 e. The number of aromatic hydroxyl groups is 1. The highest BCUT2D eigenvalue weighted by Crippen LogP contribution is 2.42. The summed E-state index contributed by atoms with van der Waals surface area (Å²) in [4.78, 5) is 35.3. The zero-order chi connectivity index (χ0) is 22.6. The van der Waals surface area contributed by atoms with E-state index in [0.717, 1.165) is 11.1 Å². The summed E-state index contributed by atoms with van der Waals surface area (Å²) in [5, 5.41) is 22.3. The van der Waals surface area contributed by atoms with Gasteiger partial charge in [0.25, 0.3) is 0 Å². The second-order valence-electron chi connectivity index (χ2n) is 7.80. The highest BCUT2D eigenvalue weighted by atomic mass is 16.5. The van der Waals surface area contributed by atoms with E-state index in [0.29, 0.717) is 29.7 Å². The second-order valence-corrected chi connectivity index (χ2v) is 7.80. The second kappa shape index (κ2) is 9.65. The molecule has 8 nitrogen and oxygen atoms in total. The first-order valence-corrected chi connectivity index (χ1v) is 9.84. The zero-order valence-electron chi connectivity index (χ0n) is 18.0. The van der Waals surface area contributed by atoms with Gasteiger partial charge in [-0.3, -0.25) is 4.79 Å². The number of carbonyl (C=O) groups is 3. The van der Waals surface area contributed by atoms with Crippen LogP contribution in [0.15, 0.2) is 11.6 Å². The normalized spacial score (nSPS) is 14.3. The summed E-state index contributed by atoms with van der Waals surface area (Å²) >= 11 is 0. The summed E-state index contributed by atoms with van der Waals surface area (Å²) in [6, 6.07) is -0.919. The molecule has 1 heterocycles. The third-order valence-corrected chi connectivity index (χ3v) is 5.30. The van der Waals surface area contributed by atoms with Crippen LogP contribution < -0.4 is 10.1 Å². The van der Waals surface area contributed by atoms with Gasteiger partial charge in [-0.15, -0.1) is 0 Å². The number of carboxylic acids is 1. The molecule has 8 heteroatoms. The Labute approximate surface area is 175 Å². The summed E-state index contributed by atoms with van der Waals surface area (Å²) in [7, 11) is 1.50. The molecule has 0 saturated heterocycles. The van der Waals surface area contributed by atoms with Gasteiger partial charge >= 0.3 is 11.9 Å². The van der Waals surface area contributed by atoms with E-state index in [1.54, 1.807) is 13.8 Å². The molecule has 1 aromatic carbocycles. The van der Waals surface area contributed by atoms with Crippen molar-refractivity contribution in [3.05, 3.63) is 33.9 Å². The minimum atomic E-state index is -1.06. The molecule has 0 unspecified atom stereocenters. The molecule has 0 bridgehead atoms. The van der Waals surface area contributed by atoms with Crippen LogP contribution in [0.5, 0.6) is 11.5 Å². The number of carboxylic acid groups (broad SMARTS) is 1. The number of nitrogens with one attached hydrogen (secondary N) is 1. The summed E-state index contributed by atoms with van der Waals surface area (Å²) in [6.45, 7) is 7.25. The molecule has 0 saturated carbocycles. The van der Waals surface area contributed by atoms with E-state index in [9.17, 15) is 19.5 Å². The van der Waals surface area contributed by atoms with Gasteiger partial charge < -0.3 is 25.0 Å². The van der Waals surface area contributed by atoms with Crippen molar-refractivity contribution in [3.8, 4) is 11.5 Å². The summed E-state index contributed by atoms with van der Waals surface area (Å²) in [5.41, 5.74) is 2.95. The predicted molar refractivity (Wildman–Crippen MR) is 110 cm³/mol. The van der Waals surface area contributed by atoms with Crippen LogP contribution in [0.25, 0.3) is 0 Å². The van der Waals surface area contributed by atoms with Crippen LogP contribution in [0.1, 0.15) is 60.7 Å². The van der Waals surface area contributed by atoms with Crippen LogP contribution in [-0.2, 0) is 27.4 Å². The van der Waals surface area contributed by atoms with E-state index >= 15 is 0 Å². The third-order valence-electron chi connectivity index (χ3n) is 5.30. The quantitative estimate of drug-likeness (QED) is 0.415.